The highest BCUT2D eigenvalue weighted by atomic mass is 16.1. The third-order valence-corrected chi connectivity index (χ3v) is 8.13. The van der Waals surface area contributed by atoms with Crippen LogP contribution in [0.1, 0.15) is 61.7 Å². The van der Waals surface area contributed by atoms with Crippen LogP contribution in [-0.2, 0) is 0 Å². The summed E-state index contributed by atoms with van der Waals surface area (Å²) in [5.41, 5.74) is 2.70. The van der Waals surface area contributed by atoms with Crippen LogP contribution in [0.4, 0.5) is 5.69 Å². The van der Waals surface area contributed by atoms with Crippen LogP contribution in [0.2, 0.25) is 0 Å². The van der Waals surface area contributed by atoms with Crippen LogP contribution in [0.15, 0.2) is 36.4 Å². The van der Waals surface area contributed by atoms with E-state index in [9.17, 15) is 4.79 Å². The zero-order valence-corrected chi connectivity index (χ0v) is 17.6. The van der Waals surface area contributed by atoms with Crippen molar-refractivity contribution in [1.29, 1.82) is 0 Å². The largest absolute Gasteiger partial charge is 0.371 e. The number of piperidine rings is 2. The molecule has 2 saturated heterocycles. The summed E-state index contributed by atoms with van der Waals surface area (Å²) in [6, 6.07) is 9.21. The van der Waals surface area contributed by atoms with E-state index in [1.807, 2.05) is 12.1 Å². The predicted molar refractivity (Wildman–Crippen MR) is 119 cm³/mol. The molecule has 29 heavy (non-hydrogen) atoms. The number of nitrogens with zero attached hydrogens (tertiary/aromatic N) is 2. The number of benzene rings is 1. The quantitative estimate of drug-likeness (QED) is 0.619. The lowest BCUT2D eigenvalue weighted by atomic mass is 9.70. The molecular weight excluding hydrogens is 358 g/mol. The van der Waals surface area contributed by atoms with Crippen molar-refractivity contribution in [2.45, 2.75) is 63.5 Å². The van der Waals surface area contributed by atoms with Crippen LogP contribution < -0.4 is 10.2 Å². The van der Waals surface area contributed by atoms with E-state index in [0.29, 0.717) is 5.41 Å². The fourth-order valence-electron chi connectivity index (χ4n) is 5.70. The van der Waals surface area contributed by atoms with Crippen LogP contribution in [-0.4, -0.2) is 55.5 Å². The number of rotatable bonds is 4. The van der Waals surface area contributed by atoms with Crippen molar-refractivity contribution in [1.82, 2.24) is 10.2 Å². The molecule has 3 fully saturated rings. The Morgan fingerprint density at radius 3 is 2.21 bits per heavy atom. The van der Waals surface area contributed by atoms with E-state index in [1.165, 1.54) is 63.7 Å². The van der Waals surface area contributed by atoms with E-state index in [-0.39, 0.29) is 11.8 Å². The molecule has 0 amide bonds. The summed E-state index contributed by atoms with van der Waals surface area (Å²) in [6.45, 7) is 5.76. The van der Waals surface area contributed by atoms with Gasteiger partial charge in [-0.2, -0.15) is 0 Å². The first-order valence-corrected chi connectivity index (χ1v) is 11.7. The van der Waals surface area contributed by atoms with Crippen LogP contribution in [0.3, 0.4) is 0 Å². The third kappa shape index (κ3) is 4.02. The first kappa shape index (κ1) is 19.3. The highest BCUT2D eigenvalue weighted by Gasteiger charge is 2.39. The summed E-state index contributed by atoms with van der Waals surface area (Å²) >= 11 is 0. The Balaban J connectivity index is 1.15. The third-order valence-electron chi connectivity index (χ3n) is 8.13. The zero-order valence-electron chi connectivity index (χ0n) is 17.6. The Labute approximate surface area is 175 Å². The minimum Gasteiger partial charge on any atom is -0.371 e. The molecular formula is C25H35N3O. The Bertz CT molecular complexity index is 734. The molecule has 1 atom stereocenters. The van der Waals surface area contributed by atoms with Crippen molar-refractivity contribution in [3.63, 3.8) is 0 Å². The Morgan fingerprint density at radius 2 is 1.62 bits per heavy atom. The lowest BCUT2D eigenvalue weighted by Gasteiger charge is -2.50. The molecule has 1 aliphatic carbocycles. The Hall–Kier alpha value is -1.65. The monoisotopic (exact) mass is 393 g/mol. The molecule has 1 N–H and O–H groups in total. The van der Waals surface area contributed by atoms with Gasteiger partial charge in [-0.1, -0.05) is 18.6 Å². The van der Waals surface area contributed by atoms with Gasteiger partial charge in [-0.3, -0.25) is 4.79 Å². The van der Waals surface area contributed by atoms with Crippen LogP contribution in [0, 0.1) is 5.41 Å². The Kier molecular flexibility index (Phi) is 5.49. The van der Waals surface area contributed by atoms with E-state index in [4.69, 9.17) is 0 Å². The summed E-state index contributed by atoms with van der Waals surface area (Å²) < 4.78 is 0. The number of hydrogen-bond donors (Lipinski definition) is 1. The number of Topliss-reactive ketones (excluding diaryl/α,β-unsaturated/α-hetero) is 1. The average Bonchev–Trinajstić information content (AvgIpc) is 2.75. The SMILES string of the molecule is O=C(c1ccc(N2CCC3(CC2)CCN(C2CCC2)CC3)cc1)C1CC=CCN1. The zero-order chi connectivity index (χ0) is 19.7. The van der Waals surface area contributed by atoms with E-state index < -0.39 is 0 Å². The van der Waals surface area contributed by atoms with E-state index >= 15 is 0 Å². The molecule has 4 heteroatoms. The molecule has 156 valence electrons. The molecule has 3 heterocycles. The van der Waals surface area contributed by atoms with Crippen molar-refractivity contribution in [3.05, 3.63) is 42.0 Å². The topological polar surface area (TPSA) is 35.6 Å². The number of carbonyl (C=O) groups excluding carboxylic acids is 1. The first-order valence-electron chi connectivity index (χ1n) is 11.7. The fourth-order valence-corrected chi connectivity index (χ4v) is 5.70. The number of hydrogen-bond acceptors (Lipinski definition) is 4. The Morgan fingerprint density at radius 1 is 0.931 bits per heavy atom. The van der Waals surface area contributed by atoms with E-state index in [1.54, 1.807) is 0 Å². The molecule has 5 rings (SSSR count). The van der Waals surface area contributed by atoms with Gasteiger partial charge in [-0.15, -0.1) is 0 Å². The highest BCUT2D eigenvalue weighted by Crippen LogP contribution is 2.43. The number of nitrogens with one attached hydrogen (secondary N) is 1. The number of carbonyl (C=O) groups is 1. The molecule has 1 spiro atoms. The second-order valence-corrected chi connectivity index (χ2v) is 9.69. The summed E-state index contributed by atoms with van der Waals surface area (Å²) in [4.78, 5) is 18.0. The smallest absolute Gasteiger partial charge is 0.180 e. The van der Waals surface area contributed by atoms with Gasteiger partial charge in [-0.25, -0.2) is 0 Å². The van der Waals surface area contributed by atoms with Gasteiger partial charge in [0.25, 0.3) is 0 Å². The fraction of sp³-hybridized carbons (Fsp3) is 0.640. The lowest BCUT2D eigenvalue weighted by Crippen LogP contribution is -2.50. The van der Waals surface area contributed by atoms with Gasteiger partial charge in [-0.05, 0) is 87.7 Å². The van der Waals surface area contributed by atoms with Gasteiger partial charge in [0.05, 0.1) is 6.04 Å². The molecule has 1 aromatic carbocycles. The van der Waals surface area contributed by atoms with E-state index in [2.05, 4.69) is 39.4 Å². The van der Waals surface area contributed by atoms with Gasteiger partial charge in [0.15, 0.2) is 5.78 Å². The average molecular weight is 394 g/mol. The number of ketones is 1. The second-order valence-electron chi connectivity index (χ2n) is 9.69. The van der Waals surface area contributed by atoms with Gasteiger partial charge >= 0.3 is 0 Å². The summed E-state index contributed by atoms with van der Waals surface area (Å²) in [7, 11) is 0. The van der Waals surface area contributed by atoms with Crippen LogP contribution >= 0.6 is 0 Å². The first-order chi connectivity index (χ1) is 14.2. The normalized spacial score (nSPS) is 27.7. The van der Waals surface area contributed by atoms with Crippen molar-refractivity contribution in [2.75, 3.05) is 37.6 Å². The van der Waals surface area contributed by atoms with Crippen molar-refractivity contribution in [2.24, 2.45) is 5.41 Å². The maximum absolute atomic E-state index is 12.7. The molecule has 0 aromatic heterocycles. The number of anilines is 1. The van der Waals surface area contributed by atoms with Crippen LogP contribution in [0.5, 0.6) is 0 Å². The highest BCUT2D eigenvalue weighted by molar-refractivity contribution is 6.00. The molecule has 4 nitrogen and oxygen atoms in total. The molecule has 0 bridgehead atoms. The minimum absolute atomic E-state index is 0.0634. The maximum Gasteiger partial charge on any atom is 0.180 e. The lowest BCUT2D eigenvalue weighted by molar-refractivity contribution is 0.0306. The van der Waals surface area contributed by atoms with E-state index in [0.717, 1.165) is 37.7 Å². The maximum atomic E-state index is 12.7. The van der Waals surface area contributed by atoms with Gasteiger partial charge in [0.1, 0.15) is 0 Å². The van der Waals surface area contributed by atoms with Crippen molar-refractivity contribution < 1.29 is 4.79 Å². The standard InChI is InChI=1S/C25H35N3O/c29-24(23-6-1-2-15-26-23)20-7-9-22(10-8-20)28-18-13-25(14-19-28)11-16-27(17-12-25)21-4-3-5-21/h1-2,7-10,21,23,26H,3-6,11-19H2. The molecule has 3 aliphatic heterocycles. The molecule has 4 aliphatic rings. The van der Waals surface area contributed by atoms with Gasteiger partial charge in [0.2, 0.25) is 0 Å². The second kappa shape index (κ2) is 8.23. The molecule has 0 radical (unpaired) electrons. The summed E-state index contributed by atoms with van der Waals surface area (Å²) in [5.74, 6) is 0.219. The molecule has 1 aromatic rings. The van der Waals surface area contributed by atoms with Crippen molar-refractivity contribution in [3.8, 4) is 0 Å². The predicted octanol–water partition coefficient (Wildman–Crippen LogP) is 4.02. The molecule has 1 unspecified atom stereocenters. The minimum atomic E-state index is -0.0634. The summed E-state index contributed by atoms with van der Waals surface area (Å²) in [5, 5.41) is 3.30. The summed E-state index contributed by atoms with van der Waals surface area (Å²) in [6.07, 6.45) is 14.8. The molecule has 1 saturated carbocycles. The van der Waals surface area contributed by atoms with Gasteiger partial charge in [0, 0.05) is 36.9 Å². The van der Waals surface area contributed by atoms with Crippen LogP contribution in [0.25, 0.3) is 0 Å². The number of likely N-dealkylation sites (tertiary alicyclic amines) is 1. The van der Waals surface area contributed by atoms with Crippen molar-refractivity contribution >= 4 is 11.5 Å². The van der Waals surface area contributed by atoms with Gasteiger partial charge < -0.3 is 15.1 Å².